The first-order valence-electron chi connectivity index (χ1n) is 9.00. The molecular formula is C20H33N3O2. The Morgan fingerprint density at radius 3 is 2.28 bits per heavy atom. The van der Waals surface area contributed by atoms with Gasteiger partial charge in [0.05, 0.1) is 18.6 Å². The van der Waals surface area contributed by atoms with Crippen LogP contribution in [0.2, 0.25) is 0 Å². The minimum absolute atomic E-state index is 0.00190. The number of nitrogens with zero attached hydrogens (tertiary/aromatic N) is 1. The molecule has 0 bridgehead atoms. The second-order valence-electron chi connectivity index (χ2n) is 7.65. The second-order valence-corrected chi connectivity index (χ2v) is 7.65. The number of carbonyl (C=O) groups excluding carboxylic acids is 2. The van der Waals surface area contributed by atoms with E-state index >= 15 is 0 Å². The SMILES string of the molecule is CCC[C@@H](NC(=O)[C@@H](C)N(C)CC(=O)NC(C)(C)C)c1ccccc1. The standard InChI is InChI=1S/C20H33N3O2/c1-7-11-17(16-12-9-8-10-13-16)21-19(25)15(2)23(6)14-18(24)22-20(3,4)5/h8-10,12-13,15,17H,7,11,14H2,1-6H3,(H,21,25)(H,22,24)/t15-,17-/m1/s1. The lowest BCUT2D eigenvalue weighted by Crippen LogP contribution is -2.50. The zero-order valence-electron chi connectivity index (χ0n) is 16.4. The zero-order valence-corrected chi connectivity index (χ0v) is 16.4. The van der Waals surface area contributed by atoms with Gasteiger partial charge in [-0.15, -0.1) is 0 Å². The van der Waals surface area contributed by atoms with Crippen LogP contribution in [-0.2, 0) is 9.59 Å². The number of hydrogen-bond donors (Lipinski definition) is 2. The fraction of sp³-hybridized carbons (Fsp3) is 0.600. The van der Waals surface area contributed by atoms with Crippen molar-refractivity contribution in [3.05, 3.63) is 35.9 Å². The predicted molar refractivity (Wildman–Crippen MR) is 102 cm³/mol. The van der Waals surface area contributed by atoms with Gasteiger partial charge in [0, 0.05) is 5.54 Å². The van der Waals surface area contributed by atoms with E-state index in [1.54, 1.807) is 11.9 Å². The molecular weight excluding hydrogens is 314 g/mol. The molecule has 2 amide bonds. The van der Waals surface area contributed by atoms with E-state index in [4.69, 9.17) is 0 Å². The van der Waals surface area contributed by atoms with Gasteiger partial charge in [-0.05, 0) is 46.7 Å². The van der Waals surface area contributed by atoms with E-state index < -0.39 is 0 Å². The molecule has 1 aromatic carbocycles. The van der Waals surface area contributed by atoms with Crippen LogP contribution in [0.5, 0.6) is 0 Å². The highest BCUT2D eigenvalue weighted by Gasteiger charge is 2.24. The van der Waals surface area contributed by atoms with Gasteiger partial charge < -0.3 is 10.6 Å². The van der Waals surface area contributed by atoms with Gasteiger partial charge in [0.15, 0.2) is 0 Å². The van der Waals surface area contributed by atoms with Crippen LogP contribution in [0.15, 0.2) is 30.3 Å². The molecule has 1 aromatic rings. The van der Waals surface area contributed by atoms with E-state index in [1.807, 2.05) is 58.0 Å². The maximum atomic E-state index is 12.6. The molecule has 2 N–H and O–H groups in total. The van der Waals surface area contributed by atoms with Crippen LogP contribution in [0, 0.1) is 0 Å². The third-order valence-electron chi connectivity index (χ3n) is 4.04. The van der Waals surface area contributed by atoms with E-state index in [0.717, 1.165) is 18.4 Å². The number of carbonyl (C=O) groups is 2. The molecule has 0 radical (unpaired) electrons. The number of amides is 2. The van der Waals surface area contributed by atoms with E-state index in [9.17, 15) is 9.59 Å². The highest BCUT2D eigenvalue weighted by molar-refractivity contribution is 5.83. The van der Waals surface area contributed by atoms with Gasteiger partial charge in [-0.3, -0.25) is 14.5 Å². The van der Waals surface area contributed by atoms with Crippen LogP contribution >= 0.6 is 0 Å². The van der Waals surface area contributed by atoms with E-state index in [0.29, 0.717) is 0 Å². The Kier molecular flexibility index (Phi) is 8.10. The number of likely N-dealkylation sites (N-methyl/N-ethyl adjacent to an activating group) is 1. The van der Waals surface area contributed by atoms with Crippen LogP contribution in [-0.4, -0.2) is 41.9 Å². The molecule has 0 aliphatic heterocycles. The van der Waals surface area contributed by atoms with Crippen LogP contribution in [0.4, 0.5) is 0 Å². The minimum atomic E-state index is -0.381. The summed E-state index contributed by atoms with van der Waals surface area (Å²) in [5.41, 5.74) is 0.834. The average molecular weight is 348 g/mol. The molecule has 140 valence electrons. The maximum Gasteiger partial charge on any atom is 0.237 e. The van der Waals surface area contributed by atoms with Crippen molar-refractivity contribution in [1.82, 2.24) is 15.5 Å². The monoisotopic (exact) mass is 347 g/mol. The first-order valence-corrected chi connectivity index (χ1v) is 9.00. The molecule has 25 heavy (non-hydrogen) atoms. The highest BCUT2D eigenvalue weighted by atomic mass is 16.2. The molecule has 0 spiro atoms. The van der Waals surface area contributed by atoms with Crippen LogP contribution in [0.25, 0.3) is 0 Å². The summed E-state index contributed by atoms with van der Waals surface area (Å²) in [6, 6.07) is 9.62. The topological polar surface area (TPSA) is 61.4 Å². The van der Waals surface area contributed by atoms with Crippen LogP contribution < -0.4 is 10.6 Å². The lowest BCUT2D eigenvalue weighted by atomic mass is 10.0. The Labute approximate surface area is 152 Å². The summed E-state index contributed by atoms with van der Waals surface area (Å²) < 4.78 is 0. The molecule has 0 fully saturated rings. The van der Waals surface area contributed by atoms with E-state index in [2.05, 4.69) is 17.6 Å². The van der Waals surface area contributed by atoms with Gasteiger partial charge >= 0.3 is 0 Å². The van der Waals surface area contributed by atoms with Crippen molar-refractivity contribution in [3.63, 3.8) is 0 Å². The molecule has 5 nitrogen and oxygen atoms in total. The summed E-state index contributed by atoms with van der Waals surface area (Å²) in [5.74, 6) is -0.142. The third kappa shape index (κ3) is 7.69. The van der Waals surface area contributed by atoms with Crippen molar-refractivity contribution >= 4 is 11.8 Å². The largest absolute Gasteiger partial charge is 0.350 e. The lowest BCUT2D eigenvalue weighted by molar-refractivity contribution is -0.128. The highest BCUT2D eigenvalue weighted by Crippen LogP contribution is 2.18. The normalized spacial score (nSPS) is 14.0. The molecule has 0 aromatic heterocycles. The number of hydrogen-bond acceptors (Lipinski definition) is 3. The quantitative estimate of drug-likeness (QED) is 0.760. The Morgan fingerprint density at radius 2 is 1.76 bits per heavy atom. The van der Waals surface area contributed by atoms with Gasteiger partial charge in [0.2, 0.25) is 11.8 Å². The summed E-state index contributed by atoms with van der Waals surface area (Å²) in [7, 11) is 1.80. The molecule has 0 unspecified atom stereocenters. The Hall–Kier alpha value is -1.88. The van der Waals surface area contributed by atoms with Crippen LogP contribution in [0.1, 0.15) is 59.1 Å². The van der Waals surface area contributed by atoms with Gasteiger partial charge in [-0.2, -0.15) is 0 Å². The molecule has 2 atom stereocenters. The smallest absolute Gasteiger partial charge is 0.237 e. The predicted octanol–water partition coefficient (Wildman–Crippen LogP) is 2.88. The van der Waals surface area contributed by atoms with E-state index in [-0.39, 0.29) is 36.0 Å². The summed E-state index contributed by atoms with van der Waals surface area (Å²) in [5, 5.41) is 6.04. The van der Waals surface area contributed by atoms with Crippen molar-refractivity contribution in [2.75, 3.05) is 13.6 Å². The fourth-order valence-corrected chi connectivity index (χ4v) is 2.61. The number of rotatable bonds is 8. The fourth-order valence-electron chi connectivity index (χ4n) is 2.61. The molecule has 0 saturated heterocycles. The average Bonchev–Trinajstić information content (AvgIpc) is 2.52. The number of nitrogens with one attached hydrogen (secondary N) is 2. The first kappa shape index (κ1) is 21.2. The van der Waals surface area contributed by atoms with Crippen molar-refractivity contribution < 1.29 is 9.59 Å². The first-order chi connectivity index (χ1) is 11.6. The minimum Gasteiger partial charge on any atom is -0.350 e. The van der Waals surface area contributed by atoms with Gasteiger partial charge in [-0.25, -0.2) is 0 Å². The Morgan fingerprint density at radius 1 is 1.16 bits per heavy atom. The molecule has 0 saturated carbocycles. The van der Waals surface area contributed by atoms with Gasteiger partial charge in [0.25, 0.3) is 0 Å². The maximum absolute atomic E-state index is 12.6. The van der Waals surface area contributed by atoms with Gasteiger partial charge in [0.1, 0.15) is 0 Å². The zero-order chi connectivity index (χ0) is 19.0. The Balaban J connectivity index is 2.65. The summed E-state index contributed by atoms with van der Waals surface area (Å²) in [6.07, 6.45) is 1.87. The number of benzene rings is 1. The summed E-state index contributed by atoms with van der Waals surface area (Å²) >= 11 is 0. The second kappa shape index (κ2) is 9.56. The van der Waals surface area contributed by atoms with Crippen molar-refractivity contribution in [2.24, 2.45) is 0 Å². The Bertz CT molecular complexity index is 552. The lowest BCUT2D eigenvalue weighted by Gasteiger charge is -2.28. The molecule has 1 rings (SSSR count). The van der Waals surface area contributed by atoms with Crippen LogP contribution in [0.3, 0.4) is 0 Å². The summed E-state index contributed by atoms with van der Waals surface area (Å²) in [6.45, 7) is 9.94. The summed E-state index contributed by atoms with van der Waals surface area (Å²) in [4.78, 5) is 26.5. The van der Waals surface area contributed by atoms with Crippen molar-refractivity contribution in [1.29, 1.82) is 0 Å². The van der Waals surface area contributed by atoms with E-state index in [1.165, 1.54) is 0 Å². The van der Waals surface area contributed by atoms with Crippen molar-refractivity contribution in [2.45, 2.75) is 65.1 Å². The molecule has 0 aliphatic rings. The molecule has 5 heteroatoms. The molecule has 0 heterocycles. The molecule has 0 aliphatic carbocycles. The third-order valence-corrected chi connectivity index (χ3v) is 4.04. The van der Waals surface area contributed by atoms with Crippen molar-refractivity contribution in [3.8, 4) is 0 Å². The van der Waals surface area contributed by atoms with Gasteiger partial charge in [-0.1, -0.05) is 43.7 Å².